The van der Waals surface area contributed by atoms with Gasteiger partial charge in [0.2, 0.25) is 5.91 Å². The summed E-state index contributed by atoms with van der Waals surface area (Å²) in [7, 11) is -3.56. The van der Waals surface area contributed by atoms with E-state index in [-0.39, 0.29) is 41.4 Å². The first-order chi connectivity index (χ1) is 11.5. The second-order valence-electron chi connectivity index (χ2n) is 6.12. The Bertz CT molecular complexity index is 725. The number of sulfone groups is 1. The van der Waals surface area contributed by atoms with Crippen LogP contribution in [0.5, 0.6) is 11.5 Å². The fraction of sp³-hybridized carbons (Fsp3) is 0.562. The molecular formula is C16H23ClN2O5S. The summed E-state index contributed by atoms with van der Waals surface area (Å²) in [6.45, 7) is 2.14. The van der Waals surface area contributed by atoms with Crippen LogP contribution in [0.3, 0.4) is 0 Å². The van der Waals surface area contributed by atoms with E-state index in [1.807, 2.05) is 0 Å². The van der Waals surface area contributed by atoms with Crippen molar-refractivity contribution in [2.24, 2.45) is 5.73 Å². The van der Waals surface area contributed by atoms with Crippen molar-refractivity contribution < 1.29 is 22.7 Å². The van der Waals surface area contributed by atoms with Gasteiger partial charge in [-0.05, 0) is 18.6 Å². The maximum atomic E-state index is 12.5. The monoisotopic (exact) mass is 390 g/mol. The Hall–Kier alpha value is -1.51. The van der Waals surface area contributed by atoms with E-state index in [1.54, 1.807) is 11.0 Å². The predicted molar refractivity (Wildman–Crippen MR) is 95.1 cm³/mol. The van der Waals surface area contributed by atoms with E-state index in [0.717, 1.165) is 12.8 Å². The molecule has 2 heterocycles. The van der Waals surface area contributed by atoms with Crippen LogP contribution in [-0.2, 0) is 14.6 Å². The van der Waals surface area contributed by atoms with Crippen molar-refractivity contribution in [1.82, 2.24) is 4.90 Å². The Labute approximate surface area is 153 Å². The third-order valence-electron chi connectivity index (χ3n) is 4.24. The van der Waals surface area contributed by atoms with E-state index in [1.165, 1.54) is 12.1 Å². The molecule has 1 saturated heterocycles. The Balaban J connectivity index is 0.00000225. The van der Waals surface area contributed by atoms with Gasteiger partial charge in [0.1, 0.15) is 0 Å². The number of hydrogen-bond donors (Lipinski definition) is 1. The number of nitrogens with two attached hydrogens (primary N) is 1. The molecule has 2 N–H and O–H groups in total. The largest absolute Gasteiger partial charge is 0.490 e. The molecule has 140 valence electrons. The van der Waals surface area contributed by atoms with Crippen LogP contribution in [-0.4, -0.2) is 57.3 Å². The molecule has 0 aliphatic carbocycles. The van der Waals surface area contributed by atoms with Gasteiger partial charge < -0.3 is 20.1 Å². The molecule has 1 aromatic carbocycles. The highest BCUT2D eigenvalue weighted by atomic mass is 35.5. The van der Waals surface area contributed by atoms with E-state index in [2.05, 4.69) is 0 Å². The quantitative estimate of drug-likeness (QED) is 0.823. The Kier molecular flexibility index (Phi) is 6.53. The minimum Gasteiger partial charge on any atom is -0.490 e. The van der Waals surface area contributed by atoms with Crippen molar-refractivity contribution in [1.29, 1.82) is 0 Å². The number of hydrogen-bond acceptors (Lipinski definition) is 6. The highest BCUT2D eigenvalue weighted by Crippen LogP contribution is 2.32. The number of halogens is 1. The van der Waals surface area contributed by atoms with Gasteiger partial charge in [-0.25, -0.2) is 8.42 Å². The van der Waals surface area contributed by atoms with Crippen LogP contribution < -0.4 is 15.2 Å². The highest BCUT2D eigenvalue weighted by molar-refractivity contribution is 7.91. The topological polar surface area (TPSA) is 98.9 Å². The second kappa shape index (κ2) is 8.25. The van der Waals surface area contributed by atoms with Crippen LogP contribution in [0.1, 0.15) is 19.3 Å². The molecule has 1 amide bonds. The maximum Gasteiger partial charge on any atom is 0.223 e. The van der Waals surface area contributed by atoms with Crippen molar-refractivity contribution >= 4 is 28.2 Å². The summed E-state index contributed by atoms with van der Waals surface area (Å²) in [4.78, 5) is 13.9. The predicted octanol–water partition coefficient (Wildman–Crippen LogP) is 0.993. The van der Waals surface area contributed by atoms with Gasteiger partial charge in [0.05, 0.1) is 23.9 Å². The second-order valence-corrected chi connectivity index (χ2v) is 8.23. The summed E-state index contributed by atoms with van der Waals surface area (Å²) in [6, 6.07) is 4.58. The lowest BCUT2D eigenvalue weighted by molar-refractivity contribution is -0.129. The van der Waals surface area contributed by atoms with E-state index >= 15 is 0 Å². The fourth-order valence-electron chi connectivity index (χ4n) is 2.85. The molecule has 1 fully saturated rings. The minimum absolute atomic E-state index is 0. The molecule has 0 bridgehead atoms. The molecule has 9 heteroatoms. The summed E-state index contributed by atoms with van der Waals surface area (Å²) in [5.41, 5.74) is 5.78. The molecule has 0 radical (unpaired) electrons. The van der Waals surface area contributed by atoms with Crippen LogP contribution in [0.4, 0.5) is 0 Å². The fourth-order valence-corrected chi connectivity index (χ4v) is 4.09. The van der Waals surface area contributed by atoms with Crippen molar-refractivity contribution in [2.45, 2.75) is 30.2 Å². The van der Waals surface area contributed by atoms with E-state index < -0.39 is 9.84 Å². The van der Waals surface area contributed by atoms with Crippen molar-refractivity contribution in [2.75, 3.05) is 32.1 Å². The summed E-state index contributed by atoms with van der Waals surface area (Å²) in [5.74, 6) is 0.594. The Morgan fingerprint density at radius 3 is 2.64 bits per heavy atom. The number of fused-ring (bicyclic) bond motifs is 1. The standard InChI is InChI=1S/C16H22N2O5S.ClH/c17-12-4-6-18(11-12)16(19)5-9-24(20,21)13-2-3-14-15(10-13)23-8-1-7-22-14;/h2-3,10,12H,1,4-9,11,17H2;1H/t12-;/m1./s1. The third kappa shape index (κ3) is 4.77. The van der Waals surface area contributed by atoms with E-state index in [0.29, 0.717) is 37.8 Å². The van der Waals surface area contributed by atoms with Gasteiger partial charge in [0.15, 0.2) is 21.3 Å². The van der Waals surface area contributed by atoms with E-state index in [4.69, 9.17) is 15.2 Å². The smallest absolute Gasteiger partial charge is 0.223 e. The zero-order chi connectivity index (χ0) is 17.2. The highest BCUT2D eigenvalue weighted by Gasteiger charge is 2.26. The molecule has 0 aromatic heterocycles. The number of carbonyl (C=O) groups excluding carboxylic acids is 1. The molecule has 1 aromatic rings. The molecule has 25 heavy (non-hydrogen) atoms. The van der Waals surface area contributed by atoms with Crippen LogP contribution in [0.25, 0.3) is 0 Å². The maximum absolute atomic E-state index is 12.5. The Morgan fingerprint density at radius 1 is 1.24 bits per heavy atom. The van der Waals surface area contributed by atoms with Gasteiger partial charge in [0, 0.05) is 38.0 Å². The Morgan fingerprint density at radius 2 is 1.96 bits per heavy atom. The number of carbonyl (C=O) groups is 1. The zero-order valence-electron chi connectivity index (χ0n) is 13.8. The van der Waals surface area contributed by atoms with Crippen molar-refractivity contribution in [3.05, 3.63) is 18.2 Å². The molecular weight excluding hydrogens is 368 g/mol. The normalized spacial score (nSPS) is 19.9. The zero-order valence-corrected chi connectivity index (χ0v) is 15.5. The van der Waals surface area contributed by atoms with Crippen molar-refractivity contribution in [3.8, 4) is 11.5 Å². The average molecular weight is 391 g/mol. The third-order valence-corrected chi connectivity index (χ3v) is 5.95. The van der Waals surface area contributed by atoms with Gasteiger partial charge in [0.25, 0.3) is 0 Å². The summed E-state index contributed by atoms with van der Waals surface area (Å²) >= 11 is 0. The molecule has 7 nitrogen and oxygen atoms in total. The van der Waals surface area contributed by atoms with Gasteiger partial charge in [-0.3, -0.25) is 4.79 Å². The molecule has 0 saturated carbocycles. The lowest BCUT2D eigenvalue weighted by atomic mass is 10.3. The first-order valence-electron chi connectivity index (χ1n) is 8.11. The molecule has 1 atom stereocenters. The van der Waals surface area contributed by atoms with Crippen LogP contribution in [0, 0.1) is 0 Å². The number of likely N-dealkylation sites (tertiary alicyclic amines) is 1. The molecule has 0 unspecified atom stereocenters. The summed E-state index contributed by atoms with van der Waals surface area (Å²) < 4.78 is 36.0. The molecule has 0 spiro atoms. The van der Waals surface area contributed by atoms with Crippen LogP contribution in [0.15, 0.2) is 23.1 Å². The summed E-state index contributed by atoms with van der Waals surface area (Å²) in [6.07, 6.45) is 1.48. The SMILES string of the molecule is Cl.N[C@@H]1CCN(C(=O)CCS(=O)(=O)c2ccc3c(c2)OCCCO3)C1. The van der Waals surface area contributed by atoms with Crippen molar-refractivity contribution in [3.63, 3.8) is 0 Å². The number of ether oxygens (including phenoxy) is 2. The van der Waals surface area contributed by atoms with Gasteiger partial charge in [-0.2, -0.15) is 0 Å². The number of rotatable bonds is 4. The number of amides is 1. The van der Waals surface area contributed by atoms with Gasteiger partial charge >= 0.3 is 0 Å². The lowest BCUT2D eigenvalue weighted by Crippen LogP contribution is -2.32. The van der Waals surface area contributed by atoms with Crippen LogP contribution in [0.2, 0.25) is 0 Å². The average Bonchev–Trinajstić information content (AvgIpc) is 2.86. The lowest BCUT2D eigenvalue weighted by Gasteiger charge is -2.16. The summed E-state index contributed by atoms with van der Waals surface area (Å²) in [5, 5.41) is 0. The molecule has 3 rings (SSSR count). The van der Waals surface area contributed by atoms with Crippen LogP contribution >= 0.6 is 12.4 Å². The minimum atomic E-state index is -3.56. The van der Waals surface area contributed by atoms with E-state index in [9.17, 15) is 13.2 Å². The van der Waals surface area contributed by atoms with Gasteiger partial charge in [-0.1, -0.05) is 0 Å². The van der Waals surface area contributed by atoms with Gasteiger partial charge in [-0.15, -0.1) is 12.4 Å². The first-order valence-corrected chi connectivity index (χ1v) is 9.77. The number of benzene rings is 1. The number of nitrogens with zero attached hydrogens (tertiary/aromatic N) is 1. The molecule has 2 aliphatic rings. The first kappa shape index (κ1) is 19.8. The molecule has 2 aliphatic heterocycles.